The molecule has 0 bridgehead atoms. The Hall–Kier alpha value is -1.73. The van der Waals surface area contributed by atoms with E-state index in [2.05, 4.69) is 10.6 Å². The number of halogens is 2. The normalized spacial score (nSPS) is 16.7. The average molecular weight is 328 g/mol. The maximum absolute atomic E-state index is 13.7. The van der Waals surface area contributed by atoms with E-state index in [1.807, 2.05) is 0 Å². The SMILES string of the molecule is CC(O)(CNC(=O)NCCOCC1CC1)c1ccc(F)cc1F. The van der Waals surface area contributed by atoms with Crippen LogP contribution in [0.2, 0.25) is 0 Å². The van der Waals surface area contributed by atoms with Gasteiger partial charge in [0, 0.05) is 24.8 Å². The first-order chi connectivity index (χ1) is 10.9. The summed E-state index contributed by atoms with van der Waals surface area (Å²) in [7, 11) is 0. The lowest BCUT2D eigenvalue weighted by molar-refractivity contribution is 0.0554. The van der Waals surface area contributed by atoms with E-state index in [0.717, 1.165) is 18.7 Å². The Labute approximate surface area is 134 Å². The summed E-state index contributed by atoms with van der Waals surface area (Å²) in [6, 6.07) is 2.43. The van der Waals surface area contributed by atoms with Crippen LogP contribution in [0, 0.1) is 17.6 Å². The molecule has 0 heterocycles. The van der Waals surface area contributed by atoms with E-state index in [1.54, 1.807) is 0 Å². The molecule has 1 aliphatic carbocycles. The van der Waals surface area contributed by atoms with Gasteiger partial charge in [0.2, 0.25) is 0 Å². The highest BCUT2D eigenvalue weighted by atomic mass is 19.1. The van der Waals surface area contributed by atoms with Crippen molar-refractivity contribution in [3.63, 3.8) is 0 Å². The molecule has 1 aromatic rings. The first-order valence-electron chi connectivity index (χ1n) is 7.66. The molecule has 1 fully saturated rings. The molecule has 3 N–H and O–H groups in total. The molecule has 1 unspecified atom stereocenters. The average Bonchev–Trinajstić information content (AvgIpc) is 3.28. The van der Waals surface area contributed by atoms with Crippen LogP contribution in [0.25, 0.3) is 0 Å². The first-order valence-corrected chi connectivity index (χ1v) is 7.66. The van der Waals surface area contributed by atoms with Crippen LogP contribution in [0.15, 0.2) is 18.2 Å². The number of hydrogen-bond acceptors (Lipinski definition) is 3. The van der Waals surface area contributed by atoms with Gasteiger partial charge in [0.1, 0.15) is 17.2 Å². The number of aliphatic hydroxyl groups is 1. The number of rotatable bonds is 8. The van der Waals surface area contributed by atoms with Gasteiger partial charge in [-0.1, -0.05) is 6.07 Å². The Balaban J connectivity index is 1.70. The topological polar surface area (TPSA) is 70.6 Å². The van der Waals surface area contributed by atoms with E-state index in [1.165, 1.54) is 19.8 Å². The Morgan fingerprint density at radius 1 is 1.39 bits per heavy atom. The van der Waals surface area contributed by atoms with Gasteiger partial charge < -0.3 is 20.5 Å². The summed E-state index contributed by atoms with van der Waals surface area (Å²) in [5.41, 5.74) is -1.72. The third kappa shape index (κ3) is 5.76. The van der Waals surface area contributed by atoms with Crippen LogP contribution >= 0.6 is 0 Å². The zero-order chi connectivity index (χ0) is 16.9. The zero-order valence-corrected chi connectivity index (χ0v) is 13.1. The second-order valence-electron chi connectivity index (χ2n) is 6.03. The molecule has 0 radical (unpaired) electrons. The van der Waals surface area contributed by atoms with Crippen LogP contribution in [0.1, 0.15) is 25.3 Å². The standard InChI is InChI=1S/C16H22F2N2O3/c1-16(22,13-5-4-12(17)8-14(13)18)10-20-15(21)19-6-7-23-9-11-2-3-11/h4-5,8,11,22H,2-3,6-7,9-10H2,1H3,(H2,19,20,21). The fourth-order valence-electron chi connectivity index (χ4n) is 2.11. The van der Waals surface area contributed by atoms with Crippen molar-refractivity contribution in [2.24, 2.45) is 5.92 Å². The molecule has 128 valence electrons. The first kappa shape index (κ1) is 17.6. The smallest absolute Gasteiger partial charge is 0.314 e. The number of benzene rings is 1. The van der Waals surface area contributed by atoms with Gasteiger partial charge in [-0.15, -0.1) is 0 Å². The lowest BCUT2D eigenvalue weighted by Crippen LogP contribution is -2.44. The minimum absolute atomic E-state index is 0.0769. The molecule has 1 aromatic carbocycles. The molecular formula is C16H22F2N2O3. The van der Waals surface area contributed by atoms with Gasteiger partial charge in [-0.3, -0.25) is 0 Å². The number of urea groups is 1. The fourth-order valence-corrected chi connectivity index (χ4v) is 2.11. The van der Waals surface area contributed by atoms with E-state index in [4.69, 9.17) is 4.74 Å². The molecule has 0 aromatic heterocycles. The lowest BCUT2D eigenvalue weighted by Gasteiger charge is -2.24. The summed E-state index contributed by atoms with van der Waals surface area (Å²) >= 11 is 0. The number of nitrogens with one attached hydrogen (secondary N) is 2. The highest BCUT2D eigenvalue weighted by Crippen LogP contribution is 2.28. The summed E-state index contributed by atoms with van der Waals surface area (Å²) < 4.78 is 31.9. The monoisotopic (exact) mass is 328 g/mol. The summed E-state index contributed by atoms with van der Waals surface area (Å²) in [6.07, 6.45) is 2.42. The minimum atomic E-state index is -1.64. The van der Waals surface area contributed by atoms with Gasteiger partial charge in [0.15, 0.2) is 0 Å². The van der Waals surface area contributed by atoms with Crippen LogP contribution in [0.4, 0.5) is 13.6 Å². The Kier molecular flexibility index (Phi) is 5.90. The number of amides is 2. The van der Waals surface area contributed by atoms with E-state index >= 15 is 0 Å². The summed E-state index contributed by atoms with van der Waals surface area (Å²) in [5, 5.41) is 15.3. The highest BCUT2D eigenvalue weighted by molar-refractivity contribution is 5.73. The van der Waals surface area contributed by atoms with Crippen LogP contribution < -0.4 is 10.6 Å². The van der Waals surface area contributed by atoms with Crippen molar-refractivity contribution in [1.29, 1.82) is 0 Å². The molecule has 0 spiro atoms. The quantitative estimate of drug-likeness (QED) is 0.638. The maximum Gasteiger partial charge on any atom is 0.314 e. The van der Waals surface area contributed by atoms with Crippen LogP contribution in [0.5, 0.6) is 0 Å². The minimum Gasteiger partial charge on any atom is -0.383 e. The molecule has 0 saturated heterocycles. The molecule has 1 atom stereocenters. The van der Waals surface area contributed by atoms with Gasteiger partial charge in [-0.25, -0.2) is 13.6 Å². The van der Waals surface area contributed by atoms with Crippen LogP contribution in [0.3, 0.4) is 0 Å². The zero-order valence-electron chi connectivity index (χ0n) is 13.1. The van der Waals surface area contributed by atoms with Crippen molar-refractivity contribution >= 4 is 6.03 Å². The van der Waals surface area contributed by atoms with E-state index in [0.29, 0.717) is 25.1 Å². The van der Waals surface area contributed by atoms with Gasteiger partial charge in [0.05, 0.1) is 13.2 Å². The lowest BCUT2D eigenvalue weighted by atomic mass is 9.95. The summed E-state index contributed by atoms with van der Waals surface area (Å²) in [4.78, 5) is 11.6. The van der Waals surface area contributed by atoms with Gasteiger partial charge in [0.25, 0.3) is 0 Å². The number of carbonyl (C=O) groups is 1. The van der Waals surface area contributed by atoms with E-state index in [9.17, 15) is 18.7 Å². The third-order valence-corrected chi connectivity index (χ3v) is 3.69. The molecule has 5 nitrogen and oxygen atoms in total. The van der Waals surface area contributed by atoms with Crippen molar-refractivity contribution in [3.8, 4) is 0 Å². The number of hydrogen-bond donors (Lipinski definition) is 3. The predicted octanol–water partition coefficient (Wildman–Crippen LogP) is 1.90. The molecular weight excluding hydrogens is 306 g/mol. The number of ether oxygens (including phenoxy) is 1. The highest BCUT2D eigenvalue weighted by Gasteiger charge is 2.27. The van der Waals surface area contributed by atoms with Crippen molar-refractivity contribution in [1.82, 2.24) is 10.6 Å². The van der Waals surface area contributed by atoms with Crippen molar-refractivity contribution < 1.29 is 23.4 Å². The number of carbonyl (C=O) groups excluding carboxylic acids is 1. The van der Waals surface area contributed by atoms with Crippen molar-refractivity contribution in [2.75, 3.05) is 26.3 Å². The fraction of sp³-hybridized carbons (Fsp3) is 0.562. The Morgan fingerprint density at radius 3 is 2.78 bits per heavy atom. The molecule has 0 aliphatic heterocycles. The largest absolute Gasteiger partial charge is 0.383 e. The molecule has 23 heavy (non-hydrogen) atoms. The second-order valence-corrected chi connectivity index (χ2v) is 6.03. The molecule has 1 saturated carbocycles. The molecule has 2 amide bonds. The van der Waals surface area contributed by atoms with Gasteiger partial charge >= 0.3 is 6.03 Å². The van der Waals surface area contributed by atoms with Gasteiger partial charge in [-0.05, 0) is 31.7 Å². The third-order valence-electron chi connectivity index (χ3n) is 3.69. The summed E-state index contributed by atoms with van der Waals surface area (Å²) in [6.45, 7) is 2.65. The summed E-state index contributed by atoms with van der Waals surface area (Å²) in [5.74, 6) is -0.908. The maximum atomic E-state index is 13.7. The molecule has 1 aliphatic rings. The Morgan fingerprint density at radius 2 is 2.13 bits per heavy atom. The van der Waals surface area contributed by atoms with Crippen LogP contribution in [-0.4, -0.2) is 37.4 Å². The van der Waals surface area contributed by atoms with Crippen molar-refractivity contribution in [2.45, 2.75) is 25.4 Å². The molecule has 7 heteroatoms. The predicted molar refractivity (Wildman–Crippen MR) is 80.9 cm³/mol. The van der Waals surface area contributed by atoms with E-state index in [-0.39, 0.29) is 12.1 Å². The van der Waals surface area contributed by atoms with Crippen molar-refractivity contribution in [3.05, 3.63) is 35.4 Å². The Bertz CT molecular complexity index is 548. The second kappa shape index (κ2) is 7.70. The van der Waals surface area contributed by atoms with Gasteiger partial charge in [-0.2, -0.15) is 0 Å². The molecule has 2 rings (SSSR count). The van der Waals surface area contributed by atoms with E-state index < -0.39 is 23.3 Å². The van der Waals surface area contributed by atoms with Crippen LogP contribution in [-0.2, 0) is 10.3 Å².